The fraction of sp³-hybridized carbons (Fsp3) is 0.857. The van der Waals surface area contributed by atoms with E-state index >= 15 is 0 Å². The molecule has 0 aromatic rings. The van der Waals surface area contributed by atoms with Crippen LogP contribution in [0.1, 0.15) is 20.3 Å². The third kappa shape index (κ3) is 2.08. The van der Waals surface area contributed by atoms with E-state index < -0.39 is 5.60 Å². The molecule has 0 spiro atoms. The van der Waals surface area contributed by atoms with Crippen LogP contribution in [0.5, 0.6) is 0 Å². The first-order valence-electron chi connectivity index (χ1n) is 3.47. The molecule has 2 unspecified atom stereocenters. The second-order valence-electron chi connectivity index (χ2n) is 2.68. The molecule has 0 radical (unpaired) electrons. The van der Waals surface area contributed by atoms with Gasteiger partial charge in [-0.05, 0) is 19.9 Å². The molecule has 0 aliphatic rings. The van der Waals surface area contributed by atoms with Crippen LogP contribution in [0.3, 0.4) is 0 Å². The summed E-state index contributed by atoms with van der Waals surface area (Å²) in [5.41, 5.74) is 4.08. The summed E-state index contributed by atoms with van der Waals surface area (Å²) in [6.45, 7) is 3.73. The summed E-state index contributed by atoms with van der Waals surface area (Å²) < 4.78 is 0. The molecule has 0 aliphatic heterocycles. The minimum absolute atomic E-state index is 0.120. The summed E-state index contributed by atoms with van der Waals surface area (Å²) in [7, 11) is 0. The molecule has 10 heavy (non-hydrogen) atoms. The van der Waals surface area contributed by atoms with Crippen LogP contribution in [0.25, 0.3) is 0 Å². The second-order valence-corrected chi connectivity index (χ2v) is 2.68. The largest absolute Gasteiger partial charge is 0.382 e. The van der Waals surface area contributed by atoms with Crippen molar-refractivity contribution in [1.82, 2.24) is 0 Å². The van der Waals surface area contributed by atoms with Gasteiger partial charge in [0, 0.05) is 5.92 Å². The SMILES string of the molecule is CCC(CN)C(C)(O)C=O. The number of hydrogen-bond acceptors (Lipinski definition) is 3. The van der Waals surface area contributed by atoms with E-state index in [0.717, 1.165) is 6.42 Å². The van der Waals surface area contributed by atoms with Gasteiger partial charge in [-0.3, -0.25) is 0 Å². The monoisotopic (exact) mass is 145 g/mol. The number of aliphatic hydroxyl groups is 1. The van der Waals surface area contributed by atoms with E-state index in [4.69, 9.17) is 5.73 Å². The summed E-state index contributed by atoms with van der Waals surface area (Å²) >= 11 is 0. The summed E-state index contributed by atoms with van der Waals surface area (Å²) in [6.07, 6.45) is 1.27. The van der Waals surface area contributed by atoms with E-state index in [9.17, 15) is 9.90 Å². The lowest BCUT2D eigenvalue weighted by Crippen LogP contribution is -2.40. The molecule has 0 aromatic heterocycles. The van der Waals surface area contributed by atoms with Gasteiger partial charge < -0.3 is 15.6 Å². The van der Waals surface area contributed by atoms with Gasteiger partial charge in [0.2, 0.25) is 0 Å². The van der Waals surface area contributed by atoms with Crippen LogP contribution in [0, 0.1) is 5.92 Å². The third-order valence-corrected chi connectivity index (χ3v) is 1.84. The lowest BCUT2D eigenvalue weighted by atomic mass is 9.88. The quantitative estimate of drug-likeness (QED) is 0.544. The molecule has 0 aliphatic carbocycles. The van der Waals surface area contributed by atoms with E-state index in [2.05, 4.69) is 0 Å². The van der Waals surface area contributed by atoms with Crippen LogP contribution < -0.4 is 5.73 Å². The molecule has 3 nitrogen and oxygen atoms in total. The standard InChI is InChI=1S/C7H15NO2/c1-3-6(4-8)7(2,10)5-9/h5-6,10H,3-4,8H2,1-2H3. The highest BCUT2D eigenvalue weighted by Crippen LogP contribution is 2.16. The van der Waals surface area contributed by atoms with E-state index in [-0.39, 0.29) is 5.92 Å². The molecule has 3 heteroatoms. The third-order valence-electron chi connectivity index (χ3n) is 1.84. The number of nitrogens with two attached hydrogens (primary N) is 1. The van der Waals surface area contributed by atoms with Crippen LogP contribution in [0.4, 0.5) is 0 Å². The number of carbonyl (C=O) groups is 1. The smallest absolute Gasteiger partial charge is 0.151 e. The maximum absolute atomic E-state index is 10.3. The van der Waals surface area contributed by atoms with Gasteiger partial charge in [-0.25, -0.2) is 0 Å². The number of aldehydes is 1. The molecular weight excluding hydrogens is 130 g/mol. The Bertz CT molecular complexity index is 108. The van der Waals surface area contributed by atoms with Gasteiger partial charge in [0.15, 0.2) is 6.29 Å². The Morgan fingerprint density at radius 3 is 2.40 bits per heavy atom. The number of hydrogen-bond donors (Lipinski definition) is 2. The van der Waals surface area contributed by atoms with Crippen molar-refractivity contribution in [3.05, 3.63) is 0 Å². The van der Waals surface area contributed by atoms with Crippen molar-refractivity contribution in [2.75, 3.05) is 6.54 Å². The van der Waals surface area contributed by atoms with Gasteiger partial charge in [0.25, 0.3) is 0 Å². The lowest BCUT2D eigenvalue weighted by Gasteiger charge is -2.24. The Kier molecular flexibility index (Phi) is 3.53. The van der Waals surface area contributed by atoms with E-state index in [1.54, 1.807) is 0 Å². The van der Waals surface area contributed by atoms with Crippen molar-refractivity contribution >= 4 is 6.29 Å². The topological polar surface area (TPSA) is 63.3 Å². The van der Waals surface area contributed by atoms with Crippen molar-refractivity contribution < 1.29 is 9.90 Å². The summed E-state index contributed by atoms with van der Waals surface area (Å²) in [4.78, 5) is 10.3. The second kappa shape index (κ2) is 3.68. The molecule has 0 bridgehead atoms. The Labute approximate surface area is 61.2 Å². The van der Waals surface area contributed by atoms with Gasteiger partial charge in [-0.1, -0.05) is 6.92 Å². The first kappa shape index (κ1) is 9.59. The predicted octanol–water partition coefficient (Wildman–Crippen LogP) is -0.0788. The molecule has 60 valence electrons. The van der Waals surface area contributed by atoms with E-state index in [1.165, 1.54) is 6.92 Å². The van der Waals surface area contributed by atoms with Gasteiger partial charge in [-0.2, -0.15) is 0 Å². The van der Waals surface area contributed by atoms with Gasteiger partial charge in [0.1, 0.15) is 5.60 Å². The van der Waals surface area contributed by atoms with Crippen molar-refractivity contribution in [3.8, 4) is 0 Å². The highest BCUT2D eigenvalue weighted by molar-refractivity contribution is 5.61. The van der Waals surface area contributed by atoms with Gasteiger partial charge in [0.05, 0.1) is 0 Å². The molecule has 0 rings (SSSR count). The first-order valence-corrected chi connectivity index (χ1v) is 3.47. The number of rotatable bonds is 4. The van der Waals surface area contributed by atoms with Gasteiger partial charge in [-0.15, -0.1) is 0 Å². The van der Waals surface area contributed by atoms with Crippen molar-refractivity contribution in [2.24, 2.45) is 11.7 Å². The molecule has 0 heterocycles. The number of carbonyl (C=O) groups excluding carboxylic acids is 1. The van der Waals surface area contributed by atoms with Crippen LogP contribution in [0.15, 0.2) is 0 Å². The van der Waals surface area contributed by atoms with Crippen LogP contribution in [-0.4, -0.2) is 23.5 Å². The highest BCUT2D eigenvalue weighted by atomic mass is 16.3. The zero-order valence-corrected chi connectivity index (χ0v) is 6.50. The normalized spacial score (nSPS) is 19.6. The maximum atomic E-state index is 10.3. The first-order chi connectivity index (χ1) is 4.58. The molecule has 0 aromatic carbocycles. The zero-order valence-electron chi connectivity index (χ0n) is 6.50. The Balaban J connectivity index is 4.10. The van der Waals surface area contributed by atoms with Crippen molar-refractivity contribution in [2.45, 2.75) is 25.9 Å². The minimum atomic E-state index is -1.25. The van der Waals surface area contributed by atoms with Crippen LogP contribution in [-0.2, 0) is 4.79 Å². The Hall–Kier alpha value is -0.410. The molecule has 0 saturated heterocycles. The average molecular weight is 145 g/mol. The minimum Gasteiger partial charge on any atom is -0.382 e. The maximum Gasteiger partial charge on any atom is 0.151 e. The van der Waals surface area contributed by atoms with Gasteiger partial charge >= 0.3 is 0 Å². The summed E-state index contributed by atoms with van der Waals surface area (Å²) in [5, 5.41) is 9.33. The lowest BCUT2D eigenvalue weighted by molar-refractivity contribution is -0.127. The molecular formula is C7H15NO2. The van der Waals surface area contributed by atoms with Crippen molar-refractivity contribution in [3.63, 3.8) is 0 Å². The molecule has 0 fully saturated rings. The molecule has 0 amide bonds. The van der Waals surface area contributed by atoms with E-state index in [0.29, 0.717) is 12.8 Å². The van der Waals surface area contributed by atoms with Crippen LogP contribution in [0.2, 0.25) is 0 Å². The summed E-state index contributed by atoms with van der Waals surface area (Å²) in [5.74, 6) is -0.120. The van der Waals surface area contributed by atoms with Crippen LogP contribution >= 0.6 is 0 Å². The fourth-order valence-electron chi connectivity index (χ4n) is 0.915. The molecule has 2 atom stereocenters. The Morgan fingerprint density at radius 1 is 1.80 bits per heavy atom. The molecule has 3 N–H and O–H groups in total. The summed E-state index contributed by atoms with van der Waals surface area (Å²) in [6, 6.07) is 0. The fourth-order valence-corrected chi connectivity index (χ4v) is 0.915. The average Bonchev–Trinajstić information content (AvgIpc) is 1.90. The zero-order chi connectivity index (χ0) is 8.20. The molecule has 0 saturated carbocycles. The van der Waals surface area contributed by atoms with Crippen molar-refractivity contribution in [1.29, 1.82) is 0 Å². The van der Waals surface area contributed by atoms with E-state index in [1.807, 2.05) is 6.92 Å². The highest BCUT2D eigenvalue weighted by Gasteiger charge is 2.28. The predicted molar refractivity (Wildman–Crippen MR) is 39.5 cm³/mol. The Morgan fingerprint density at radius 2 is 2.30 bits per heavy atom.